The van der Waals surface area contributed by atoms with Gasteiger partial charge in [0.05, 0.1) is 0 Å². The Kier molecular flexibility index (Phi) is 4.35. The molecule has 0 radical (unpaired) electrons. The zero-order valence-corrected chi connectivity index (χ0v) is 11.9. The van der Waals surface area contributed by atoms with Gasteiger partial charge in [-0.2, -0.15) is 0 Å². The summed E-state index contributed by atoms with van der Waals surface area (Å²) in [6.45, 7) is 5.45. The van der Waals surface area contributed by atoms with Crippen molar-refractivity contribution in [3.63, 3.8) is 0 Å². The lowest BCUT2D eigenvalue weighted by molar-refractivity contribution is 0.163. The lowest BCUT2D eigenvalue weighted by atomic mass is 9.65. The summed E-state index contributed by atoms with van der Waals surface area (Å²) in [5.74, 6) is 1.25. The fourth-order valence-corrected chi connectivity index (χ4v) is 3.37. The fraction of sp³-hybridized carbons (Fsp3) is 0.571. The van der Waals surface area contributed by atoms with E-state index in [0.29, 0.717) is 17.9 Å². The number of halogens is 2. The molecule has 17 heavy (non-hydrogen) atoms. The number of rotatable bonds is 4. The van der Waals surface area contributed by atoms with Crippen molar-refractivity contribution in [2.75, 3.05) is 6.54 Å². The Labute approximate surface area is 114 Å². The molecule has 0 amide bonds. The average molecular weight is 272 g/mol. The van der Waals surface area contributed by atoms with Crippen LogP contribution >= 0.6 is 23.2 Å². The molecule has 1 aliphatic carbocycles. The van der Waals surface area contributed by atoms with Gasteiger partial charge in [0.2, 0.25) is 0 Å². The fourth-order valence-electron chi connectivity index (χ4n) is 2.93. The van der Waals surface area contributed by atoms with E-state index < -0.39 is 0 Å². The lowest BCUT2D eigenvalue weighted by Crippen LogP contribution is -2.48. The molecule has 0 saturated heterocycles. The molecule has 2 rings (SSSR count). The molecule has 0 spiro atoms. The van der Waals surface area contributed by atoms with E-state index in [-0.39, 0.29) is 0 Å². The molecule has 3 heteroatoms. The van der Waals surface area contributed by atoms with Crippen LogP contribution in [0.2, 0.25) is 10.0 Å². The van der Waals surface area contributed by atoms with Crippen molar-refractivity contribution in [1.29, 1.82) is 0 Å². The Balaban J connectivity index is 2.16. The summed E-state index contributed by atoms with van der Waals surface area (Å²) < 4.78 is 0. The number of nitrogens with one attached hydrogen (secondary N) is 1. The van der Waals surface area contributed by atoms with Gasteiger partial charge in [0.25, 0.3) is 0 Å². The van der Waals surface area contributed by atoms with E-state index in [2.05, 4.69) is 19.2 Å². The van der Waals surface area contributed by atoms with E-state index in [1.165, 1.54) is 18.4 Å². The van der Waals surface area contributed by atoms with Gasteiger partial charge >= 0.3 is 0 Å². The maximum Gasteiger partial charge on any atom is 0.0441 e. The van der Waals surface area contributed by atoms with Crippen LogP contribution < -0.4 is 5.32 Å². The van der Waals surface area contributed by atoms with Gasteiger partial charge in [-0.15, -0.1) is 0 Å². The first kappa shape index (κ1) is 13.2. The molecule has 1 fully saturated rings. The van der Waals surface area contributed by atoms with Crippen molar-refractivity contribution >= 4 is 23.2 Å². The highest BCUT2D eigenvalue weighted by Gasteiger charge is 2.40. The van der Waals surface area contributed by atoms with Crippen molar-refractivity contribution in [1.82, 2.24) is 5.32 Å². The minimum absolute atomic E-state index is 0.565. The maximum atomic E-state index is 6.27. The highest BCUT2D eigenvalue weighted by atomic mass is 35.5. The van der Waals surface area contributed by atoms with E-state index >= 15 is 0 Å². The Morgan fingerprint density at radius 1 is 1.29 bits per heavy atom. The maximum absolute atomic E-state index is 6.27. The molecule has 1 nitrogen and oxygen atoms in total. The zero-order valence-electron chi connectivity index (χ0n) is 10.3. The van der Waals surface area contributed by atoms with Crippen LogP contribution in [0.4, 0.5) is 0 Å². The van der Waals surface area contributed by atoms with E-state index in [9.17, 15) is 0 Å². The van der Waals surface area contributed by atoms with Gasteiger partial charge in [-0.05, 0) is 48.6 Å². The predicted molar refractivity (Wildman–Crippen MR) is 75.1 cm³/mol. The quantitative estimate of drug-likeness (QED) is 0.851. The first-order chi connectivity index (χ1) is 8.17. The van der Waals surface area contributed by atoms with E-state index in [1.54, 1.807) is 0 Å². The Morgan fingerprint density at radius 2 is 2.06 bits per heavy atom. The SMILES string of the molecule is CCNC1CC(c2cc(Cl)ccc2Cl)C1CC. The summed E-state index contributed by atoms with van der Waals surface area (Å²) >= 11 is 12.3. The number of hydrogen-bond acceptors (Lipinski definition) is 1. The summed E-state index contributed by atoms with van der Waals surface area (Å²) in [7, 11) is 0. The van der Waals surface area contributed by atoms with Crippen LogP contribution in [0.25, 0.3) is 0 Å². The van der Waals surface area contributed by atoms with Gasteiger partial charge in [-0.25, -0.2) is 0 Å². The van der Waals surface area contributed by atoms with Gasteiger partial charge in [-0.1, -0.05) is 43.5 Å². The third-order valence-corrected chi connectivity index (χ3v) is 4.42. The monoisotopic (exact) mass is 271 g/mol. The van der Waals surface area contributed by atoms with Crippen molar-refractivity contribution in [3.05, 3.63) is 33.8 Å². The van der Waals surface area contributed by atoms with E-state index in [0.717, 1.165) is 16.6 Å². The van der Waals surface area contributed by atoms with Crippen molar-refractivity contribution in [3.8, 4) is 0 Å². The zero-order chi connectivity index (χ0) is 12.4. The van der Waals surface area contributed by atoms with Crippen molar-refractivity contribution in [2.24, 2.45) is 5.92 Å². The molecule has 1 aliphatic rings. The van der Waals surface area contributed by atoms with Crippen LogP contribution in [0.15, 0.2) is 18.2 Å². The van der Waals surface area contributed by atoms with E-state index in [1.807, 2.05) is 18.2 Å². The minimum atomic E-state index is 0.565. The van der Waals surface area contributed by atoms with Crippen molar-refractivity contribution < 1.29 is 0 Å². The second-order valence-corrected chi connectivity index (χ2v) is 5.59. The average Bonchev–Trinajstić information content (AvgIpc) is 2.28. The van der Waals surface area contributed by atoms with Crippen molar-refractivity contribution in [2.45, 2.75) is 38.6 Å². The predicted octanol–water partition coefficient (Wildman–Crippen LogP) is 4.49. The standard InChI is InChI=1S/C14H19Cl2N/c1-3-10-11(8-14(10)17-4-2)12-7-9(15)5-6-13(12)16/h5-7,10-11,14,17H,3-4,8H2,1-2H3. The largest absolute Gasteiger partial charge is 0.314 e. The highest BCUT2D eigenvalue weighted by Crippen LogP contribution is 2.47. The smallest absolute Gasteiger partial charge is 0.0441 e. The normalized spacial score (nSPS) is 27.9. The molecule has 1 aromatic rings. The Hall–Kier alpha value is -0.240. The molecule has 0 aliphatic heterocycles. The van der Waals surface area contributed by atoms with Gasteiger partial charge < -0.3 is 5.32 Å². The second kappa shape index (κ2) is 5.60. The summed E-state index contributed by atoms with van der Waals surface area (Å²) in [6, 6.07) is 6.44. The molecule has 3 atom stereocenters. The molecular formula is C14H19Cl2N. The van der Waals surface area contributed by atoms with E-state index in [4.69, 9.17) is 23.2 Å². The van der Waals surface area contributed by atoms with Gasteiger partial charge in [-0.3, -0.25) is 0 Å². The first-order valence-electron chi connectivity index (χ1n) is 6.35. The molecule has 1 saturated carbocycles. The van der Waals surface area contributed by atoms with Crippen LogP contribution in [-0.2, 0) is 0 Å². The summed E-state index contributed by atoms with van der Waals surface area (Å²) in [4.78, 5) is 0. The summed E-state index contributed by atoms with van der Waals surface area (Å²) in [5.41, 5.74) is 1.22. The van der Waals surface area contributed by atoms with Crippen LogP contribution in [0.5, 0.6) is 0 Å². The third kappa shape index (κ3) is 2.62. The minimum Gasteiger partial charge on any atom is -0.314 e. The topological polar surface area (TPSA) is 12.0 Å². The summed E-state index contributed by atoms with van der Waals surface area (Å²) in [6.07, 6.45) is 2.36. The van der Waals surface area contributed by atoms with Crippen LogP contribution in [0, 0.1) is 5.92 Å². The summed E-state index contributed by atoms with van der Waals surface area (Å²) in [5, 5.41) is 5.18. The molecule has 0 bridgehead atoms. The molecule has 1 aromatic carbocycles. The van der Waals surface area contributed by atoms with Gasteiger partial charge in [0.15, 0.2) is 0 Å². The second-order valence-electron chi connectivity index (χ2n) is 4.74. The molecule has 1 N–H and O–H groups in total. The highest BCUT2D eigenvalue weighted by molar-refractivity contribution is 6.33. The Bertz CT molecular complexity index is 392. The van der Waals surface area contributed by atoms with Crippen LogP contribution in [0.1, 0.15) is 38.2 Å². The number of hydrogen-bond donors (Lipinski definition) is 1. The first-order valence-corrected chi connectivity index (χ1v) is 7.11. The molecular weight excluding hydrogens is 253 g/mol. The Morgan fingerprint density at radius 3 is 2.71 bits per heavy atom. The molecule has 0 heterocycles. The molecule has 3 unspecified atom stereocenters. The molecule has 94 valence electrons. The number of benzene rings is 1. The molecule has 0 aromatic heterocycles. The van der Waals surface area contributed by atoms with Crippen LogP contribution in [0.3, 0.4) is 0 Å². The van der Waals surface area contributed by atoms with Gasteiger partial charge in [0, 0.05) is 16.1 Å². The van der Waals surface area contributed by atoms with Gasteiger partial charge in [0.1, 0.15) is 0 Å². The lowest BCUT2D eigenvalue weighted by Gasteiger charge is -2.45. The van der Waals surface area contributed by atoms with Crippen LogP contribution in [-0.4, -0.2) is 12.6 Å². The third-order valence-electron chi connectivity index (χ3n) is 3.84.